The number of nitriles is 1. The molecule has 2 fully saturated rings. The second-order valence-corrected chi connectivity index (χ2v) is 8.84. The third-order valence-electron chi connectivity index (χ3n) is 6.76. The minimum absolute atomic E-state index is 0.254. The number of aliphatic hydroxyl groups excluding tert-OH is 1. The number of carbonyl (C=O) groups is 1. The van der Waals surface area contributed by atoms with Crippen molar-refractivity contribution >= 4 is 17.3 Å². The number of aliphatic hydroxyl groups is 1. The summed E-state index contributed by atoms with van der Waals surface area (Å²) < 4.78 is 0. The number of para-hydroxylation sites is 2. The molecule has 1 amide bonds. The van der Waals surface area contributed by atoms with E-state index in [0.29, 0.717) is 52.6 Å². The number of fused-ring (bicyclic) bond motifs is 1. The van der Waals surface area contributed by atoms with Crippen LogP contribution in [0, 0.1) is 29.1 Å². The summed E-state index contributed by atoms with van der Waals surface area (Å²) in [5.41, 5.74) is 10.4. The zero-order valence-electron chi connectivity index (χ0n) is 18.1. The molecule has 1 aliphatic heterocycles. The summed E-state index contributed by atoms with van der Waals surface area (Å²) in [5.74, 6) is 1.46. The van der Waals surface area contributed by atoms with E-state index < -0.39 is 0 Å². The van der Waals surface area contributed by atoms with E-state index in [9.17, 15) is 15.2 Å². The SMILES string of the molecule is N#Cc1cc(CN2C[C@@H]3C(CO)[C@@H]3C2)cnc1-c1ccc(C(=O)Nc2ccccc2N)cc1. The first kappa shape index (κ1) is 21.1. The lowest BCUT2D eigenvalue weighted by molar-refractivity contribution is 0.102. The Balaban J connectivity index is 1.27. The molecular weight excluding hydrogens is 414 g/mol. The second kappa shape index (κ2) is 8.66. The van der Waals surface area contributed by atoms with E-state index in [-0.39, 0.29) is 5.91 Å². The maximum Gasteiger partial charge on any atom is 0.255 e. The van der Waals surface area contributed by atoms with Crippen molar-refractivity contribution in [2.75, 3.05) is 30.7 Å². The molecule has 1 saturated heterocycles. The molecule has 1 unspecified atom stereocenters. The predicted molar refractivity (Wildman–Crippen MR) is 126 cm³/mol. The van der Waals surface area contributed by atoms with Crippen molar-refractivity contribution in [1.29, 1.82) is 5.26 Å². The van der Waals surface area contributed by atoms with Crippen LogP contribution in [0.2, 0.25) is 0 Å². The molecule has 0 radical (unpaired) electrons. The Kier molecular flexibility index (Phi) is 5.55. The average molecular weight is 440 g/mol. The Bertz CT molecular complexity index is 1220. The van der Waals surface area contributed by atoms with Gasteiger partial charge in [0.15, 0.2) is 0 Å². The van der Waals surface area contributed by atoms with Crippen LogP contribution in [0.15, 0.2) is 60.8 Å². The van der Waals surface area contributed by atoms with Crippen molar-refractivity contribution in [3.8, 4) is 17.3 Å². The standard InChI is InChI=1S/C26H25N5O2/c27-10-19-9-16(12-31-13-20-21(14-31)22(20)15-32)11-29-25(19)17-5-7-18(8-6-17)26(33)30-24-4-2-1-3-23(24)28/h1-9,11,20-22,32H,12-15,28H2,(H,30,33)/t20-,21+,22?. The van der Waals surface area contributed by atoms with Crippen LogP contribution in [-0.2, 0) is 6.54 Å². The number of pyridine rings is 1. The van der Waals surface area contributed by atoms with Crippen LogP contribution in [0.1, 0.15) is 21.5 Å². The van der Waals surface area contributed by atoms with Crippen molar-refractivity contribution in [3.05, 3.63) is 77.5 Å². The van der Waals surface area contributed by atoms with Gasteiger partial charge in [0.1, 0.15) is 6.07 Å². The Morgan fingerprint density at radius 2 is 1.91 bits per heavy atom. The van der Waals surface area contributed by atoms with Crippen LogP contribution in [-0.4, -0.2) is 40.6 Å². The topological polar surface area (TPSA) is 115 Å². The molecule has 4 N–H and O–H groups in total. The van der Waals surface area contributed by atoms with Crippen LogP contribution < -0.4 is 11.1 Å². The van der Waals surface area contributed by atoms with E-state index in [2.05, 4.69) is 21.3 Å². The second-order valence-electron chi connectivity index (χ2n) is 8.84. The van der Waals surface area contributed by atoms with E-state index in [0.717, 1.165) is 30.8 Å². The number of likely N-dealkylation sites (tertiary alicyclic amines) is 1. The third kappa shape index (κ3) is 4.19. The highest BCUT2D eigenvalue weighted by molar-refractivity contribution is 6.05. The summed E-state index contributed by atoms with van der Waals surface area (Å²) in [7, 11) is 0. The number of piperidine rings is 1. The lowest BCUT2D eigenvalue weighted by Gasteiger charge is -2.19. The number of nitrogens with zero attached hydrogens (tertiary/aromatic N) is 3. The van der Waals surface area contributed by atoms with Crippen molar-refractivity contribution in [2.24, 2.45) is 17.8 Å². The number of benzene rings is 2. The molecule has 166 valence electrons. The number of nitrogens with two attached hydrogens (primary N) is 1. The number of aromatic nitrogens is 1. The summed E-state index contributed by atoms with van der Waals surface area (Å²) in [4.78, 5) is 19.5. The molecule has 3 atom stereocenters. The fourth-order valence-electron chi connectivity index (χ4n) is 4.89. The molecular formula is C26H25N5O2. The molecule has 33 heavy (non-hydrogen) atoms. The third-order valence-corrected chi connectivity index (χ3v) is 6.76. The Morgan fingerprint density at radius 3 is 2.58 bits per heavy atom. The molecule has 7 heteroatoms. The molecule has 3 aromatic rings. The molecule has 7 nitrogen and oxygen atoms in total. The molecule has 2 aromatic carbocycles. The van der Waals surface area contributed by atoms with Crippen LogP contribution >= 0.6 is 0 Å². The van der Waals surface area contributed by atoms with Crippen molar-refractivity contribution in [2.45, 2.75) is 6.54 Å². The van der Waals surface area contributed by atoms with Gasteiger partial charge in [0.25, 0.3) is 5.91 Å². The maximum atomic E-state index is 12.6. The first-order chi connectivity index (χ1) is 16.1. The lowest BCUT2D eigenvalue weighted by atomic mass is 10.0. The number of hydrogen-bond acceptors (Lipinski definition) is 6. The number of nitrogens with one attached hydrogen (secondary N) is 1. The monoisotopic (exact) mass is 439 g/mol. The van der Waals surface area contributed by atoms with Gasteiger partial charge in [0, 0.05) is 43.6 Å². The Morgan fingerprint density at radius 1 is 1.18 bits per heavy atom. The number of anilines is 2. The fraction of sp³-hybridized carbons (Fsp3) is 0.269. The van der Waals surface area contributed by atoms with E-state index >= 15 is 0 Å². The molecule has 2 heterocycles. The normalized spacial score (nSPS) is 21.3. The van der Waals surface area contributed by atoms with Gasteiger partial charge in [-0.2, -0.15) is 5.26 Å². The highest BCUT2D eigenvalue weighted by atomic mass is 16.3. The molecule has 5 rings (SSSR count). The summed E-state index contributed by atoms with van der Waals surface area (Å²) in [6.07, 6.45) is 1.82. The largest absolute Gasteiger partial charge is 0.397 e. The average Bonchev–Trinajstić information content (AvgIpc) is 3.32. The van der Waals surface area contributed by atoms with Gasteiger partial charge in [-0.05, 0) is 53.6 Å². The van der Waals surface area contributed by atoms with Crippen LogP contribution in [0.3, 0.4) is 0 Å². The van der Waals surface area contributed by atoms with Gasteiger partial charge in [-0.1, -0.05) is 24.3 Å². The van der Waals surface area contributed by atoms with Gasteiger partial charge < -0.3 is 16.2 Å². The van der Waals surface area contributed by atoms with Gasteiger partial charge in [0.05, 0.1) is 22.6 Å². The smallest absolute Gasteiger partial charge is 0.255 e. The zero-order chi connectivity index (χ0) is 22.9. The number of nitrogen functional groups attached to an aromatic ring is 1. The molecule has 0 bridgehead atoms. The molecule has 0 spiro atoms. The van der Waals surface area contributed by atoms with E-state index in [1.165, 1.54) is 0 Å². The maximum absolute atomic E-state index is 12.6. The van der Waals surface area contributed by atoms with E-state index in [4.69, 9.17) is 5.73 Å². The minimum Gasteiger partial charge on any atom is -0.397 e. The van der Waals surface area contributed by atoms with Crippen LogP contribution in [0.4, 0.5) is 11.4 Å². The first-order valence-electron chi connectivity index (χ1n) is 11.1. The molecule has 1 saturated carbocycles. The zero-order valence-corrected chi connectivity index (χ0v) is 18.1. The fourth-order valence-corrected chi connectivity index (χ4v) is 4.89. The summed E-state index contributed by atoms with van der Waals surface area (Å²) in [6, 6.07) is 18.3. The number of carbonyl (C=O) groups excluding carboxylic acids is 1. The van der Waals surface area contributed by atoms with Crippen molar-refractivity contribution in [1.82, 2.24) is 9.88 Å². The number of rotatable bonds is 6. The number of amides is 1. The van der Waals surface area contributed by atoms with Crippen molar-refractivity contribution < 1.29 is 9.90 Å². The predicted octanol–water partition coefficient (Wildman–Crippen LogP) is 3.12. The lowest BCUT2D eigenvalue weighted by Crippen LogP contribution is -2.24. The van der Waals surface area contributed by atoms with E-state index in [1.54, 1.807) is 36.4 Å². The van der Waals surface area contributed by atoms with E-state index in [1.807, 2.05) is 24.4 Å². The first-order valence-corrected chi connectivity index (χ1v) is 11.1. The number of hydrogen-bond donors (Lipinski definition) is 3. The summed E-state index contributed by atoms with van der Waals surface area (Å²) in [5, 5.41) is 21.8. The van der Waals surface area contributed by atoms with Gasteiger partial charge in [-0.25, -0.2) is 0 Å². The highest BCUT2D eigenvalue weighted by Gasteiger charge is 2.54. The molecule has 1 aliphatic carbocycles. The quantitative estimate of drug-likeness (QED) is 0.508. The molecule has 2 aliphatic rings. The highest BCUT2D eigenvalue weighted by Crippen LogP contribution is 2.51. The Hall–Kier alpha value is -3.73. The van der Waals surface area contributed by atoms with Crippen molar-refractivity contribution in [3.63, 3.8) is 0 Å². The van der Waals surface area contributed by atoms with Gasteiger partial charge in [-0.3, -0.25) is 14.7 Å². The minimum atomic E-state index is -0.254. The van der Waals surface area contributed by atoms with Gasteiger partial charge in [-0.15, -0.1) is 0 Å². The summed E-state index contributed by atoms with van der Waals surface area (Å²) >= 11 is 0. The van der Waals surface area contributed by atoms with Crippen LogP contribution in [0.5, 0.6) is 0 Å². The Labute approximate surface area is 192 Å². The molecule has 1 aromatic heterocycles. The van der Waals surface area contributed by atoms with Crippen LogP contribution in [0.25, 0.3) is 11.3 Å². The van der Waals surface area contributed by atoms with Gasteiger partial charge in [0.2, 0.25) is 0 Å². The summed E-state index contributed by atoms with van der Waals surface area (Å²) in [6.45, 7) is 3.04. The van der Waals surface area contributed by atoms with Gasteiger partial charge >= 0.3 is 0 Å².